The Morgan fingerprint density at radius 1 is 1.17 bits per heavy atom. The number of piperidine rings is 1. The van der Waals surface area contributed by atoms with Crippen LogP contribution >= 0.6 is 0 Å². The molecule has 2 fully saturated rings. The van der Waals surface area contributed by atoms with Crippen molar-refractivity contribution in [1.82, 2.24) is 14.8 Å². The third kappa shape index (κ3) is 2.83. The molecule has 2 unspecified atom stereocenters. The van der Waals surface area contributed by atoms with Gasteiger partial charge >= 0.3 is 0 Å². The lowest BCUT2D eigenvalue weighted by Gasteiger charge is -2.33. The van der Waals surface area contributed by atoms with Gasteiger partial charge in [-0.2, -0.15) is 0 Å². The van der Waals surface area contributed by atoms with E-state index in [9.17, 15) is 9.59 Å². The smallest absolute Gasteiger partial charge is 0.228 e. The topological polar surface area (TPSA) is 53.5 Å². The van der Waals surface area contributed by atoms with Gasteiger partial charge in [-0.1, -0.05) is 12.2 Å². The van der Waals surface area contributed by atoms with Crippen LogP contribution < -0.4 is 0 Å². The van der Waals surface area contributed by atoms with Crippen LogP contribution in [0.1, 0.15) is 24.8 Å². The molecule has 3 heterocycles. The first-order valence-corrected chi connectivity index (χ1v) is 8.84. The summed E-state index contributed by atoms with van der Waals surface area (Å²) in [4.78, 5) is 33.4. The molecule has 0 N–H and O–H groups in total. The molecule has 5 heteroatoms. The largest absolute Gasteiger partial charge is 0.341 e. The minimum atomic E-state index is -0.0149. The zero-order chi connectivity index (χ0) is 16.5. The van der Waals surface area contributed by atoms with Gasteiger partial charge in [0.25, 0.3) is 0 Å². The average Bonchev–Trinajstić information content (AvgIpc) is 3.27. The maximum atomic E-state index is 12.9. The molecular formula is C19H23N3O2. The molecule has 2 amide bonds. The number of rotatable bonds is 3. The predicted octanol–water partition coefficient (Wildman–Crippen LogP) is 1.85. The molecule has 1 aromatic heterocycles. The zero-order valence-electron chi connectivity index (χ0n) is 13.8. The zero-order valence-corrected chi connectivity index (χ0v) is 13.8. The number of carbonyl (C=O) groups excluding carboxylic acids is 2. The summed E-state index contributed by atoms with van der Waals surface area (Å²) in [5, 5.41) is 0. The van der Waals surface area contributed by atoms with Crippen molar-refractivity contribution in [3.8, 4) is 0 Å². The molecule has 2 aliphatic heterocycles. The number of nitrogens with zero attached hydrogens (tertiary/aromatic N) is 3. The number of likely N-dealkylation sites (tertiary alicyclic amines) is 2. The molecular weight excluding hydrogens is 302 g/mol. The van der Waals surface area contributed by atoms with Gasteiger partial charge in [0.2, 0.25) is 11.8 Å². The third-order valence-electron chi connectivity index (χ3n) is 5.63. The molecule has 4 rings (SSSR count). The highest BCUT2D eigenvalue weighted by atomic mass is 16.2. The molecule has 3 aliphatic rings. The van der Waals surface area contributed by atoms with E-state index in [0.29, 0.717) is 19.0 Å². The molecule has 126 valence electrons. The van der Waals surface area contributed by atoms with Gasteiger partial charge in [0, 0.05) is 44.5 Å². The molecule has 0 bridgehead atoms. The number of carbonyl (C=O) groups is 2. The highest BCUT2D eigenvalue weighted by Crippen LogP contribution is 2.34. The summed E-state index contributed by atoms with van der Waals surface area (Å²) in [7, 11) is 0. The maximum absolute atomic E-state index is 12.9. The first-order chi connectivity index (χ1) is 11.7. The number of hydrogen-bond acceptors (Lipinski definition) is 3. The molecule has 0 saturated carbocycles. The van der Waals surface area contributed by atoms with Crippen LogP contribution in [0, 0.1) is 17.8 Å². The Morgan fingerprint density at radius 3 is 2.67 bits per heavy atom. The van der Waals surface area contributed by atoms with Crippen LogP contribution in [0.25, 0.3) is 0 Å². The minimum absolute atomic E-state index is 0.0149. The molecule has 2 atom stereocenters. The Kier molecular flexibility index (Phi) is 4.08. The monoisotopic (exact) mass is 325 g/mol. The Balaban J connectivity index is 1.40. The standard InChI is InChI=1S/C19H23N3O2/c23-18(15-3-1-2-4-15)22-12-16-7-10-21(19(24)17(16)13-22)11-14-5-8-20-9-6-14/h1-2,5-6,8-9,15-17H,3-4,7,10-13H2. The minimum Gasteiger partial charge on any atom is -0.341 e. The Labute approximate surface area is 142 Å². The molecule has 1 aromatic rings. The van der Waals surface area contributed by atoms with Gasteiger partial charge in [-0.3, -0.25) is 14.6 Å². The first-order valence-electron chi connectivity index (χ1n) is 8.84. The number of hydrogen-bond donors (Lipinski definition) is 0. The van der Waals surface area contributed by atoms with Crippen molar-refractivity contribution in [3.63, 3.8) is 0 Å². The van der Waals surface area contributed by atoms with Gasteiger partial charge in [0.1, 0.15) is 0 Å². The van der Waals surface area contributed by atoms with E-state index >= 15 is 0 Å². The Hall–Kier alpha value is -2.17. The van der Waals surface area contributed by atoms with Crippen molar-refractivity contribution >= 4 is 11.8 Å². The normalized spacial score (nSPS) is 26.9. The molecule has 1 aliphatic carbocycles. The van der Waals surface area contributed by atoms with Gasteiger partial charge in [-0.05, 0) is 42.9 Å². The van der Waals surface area contributed by atoms with Crippen molar-refractivity contribution in [3.05, 3.63) is 42.2 Å². The van der Waals surface area contributed by atoms with Crippen molar-refractivity contribution in [1.29, 1.82) is 0 Å². The summed E-state index contributed by atoms with van der Waals surface area (Å²) in [6.45, 7) is 2.79. The number of amides is 2. The van der Waals surface area contributed by atoms with E-state index in [1.165, 1.54) is 0 Å². The van der Waals surface area contributed by atoms with E-state index in [-0.39, 0.29) is 23.7 Å². The molecule has 5 nitrogen and oxygen atoms in total. The lowest BCUT2D eigenvalue weighted by Crippen LogP contribution is -2.44. The quantitative estimate of drug-likeness (QED) is 0.797. The summed E-state index contributed by atoms with van der Waals surface area (Å²) in [6.07, 6.45) is 10.4. The number of aromatic nitrogens is 1. The van der Waals surface area contributed by atoms with E-state index in [1.54, 1.807) is 12.4 Å². The van der Waals surface area contributed by atoms with Crippen LogP contribution in [-0.2, 0) is 16.1 Å². The van der Waals surface area contributed by atoms with Gasteiger partial charge in [-0.25, -0.2) is 0 Å². The van der Waals surface area contributed by atoms with E-state index in [0.717, 1.165) is 37.9 Å². The molecule has 24 heavy (non-hydrogen) atoms. The fourth-order valence-corrected chi connectivity index (χ4v) is 4.23. The second-order valence-corrected chi connectivity index (χ2v) is 7.15. The number of allylic oxidation sites excluding steroid dienone is 2. The fraction of sp³-hybridized carbons (Fsp3) is 0.526. The van der Waals surface area contributed by atoms with E-state index in [2.05, 4.69) is 17.1 Å². The van der Waals surface area contributed by atoms with Crippen LogP contribution in [0.3, 0.4) is 0 Å². The SMILES string of the molecule is O=C(C1CC=CC1)N1CC2CCN(Cc3ccncc3)C(=O)C2C1. The second kappa shape index (κ2) is 6.38. The van der Waals surface area contributed by atoms with Crippen LogP contribution in [0.4, 0.5) is 0 Å². The van der Waals surface area contributed by atoms with Crippen molar-refractivity contribution in [2.24, 2.45) is 17.8 Å². The summed E-state index contributed by atoms with van der Waals surface area (Å²) >= 11 is 0. The highest BCUT2D eigenvalue weighted by Gasteiger charge is 2.44. The predicted molar refractivity (Wildman–Crippen MR) is 89.7 cm³/mol. The van der Waals surface area contributed by atoms with Crippen LogP contribution in [-0.4, -0.2) is 46.2 Å². The molecule has 0 spiro atoms. The van der Waals surface area contributed by atoms with Gasteiger partial charge < -0.3 is 9.80 Å². The average molecular weight is 325 g/mol. The summed E-state index contributed by atoms with van der Waals surface area (Å²) in [5.74, 6) is 0.877. The Morgan fingerprint density at radius 2 is 1.92 bits per heavy atom. The summed E-state index contributed by atoms with van der Waals surface area (Å²) < 4.78 is 0. The van der Waals surface area contributed by atoms with Crippen LogP contribution in [0.5, 0.6) is 0 Å². The van der Waals surface area contributed by atoms with E-state index in [4.69, 9.17) is 0 Å². The molecule has 0 aromatic carbocycles. The number of pyridine rings is 1. The Bertz CT molecular complexity index is 650. The van der Waals surface area contributed by atoms with Gasteiger partial charge in [0.05, 0.1) is 5.92 Å². The van der Waals surface area contributed by atoms with Crippen molar-refractivity contribution in [2.45, 2.75) is 25.8 Å². The first kappa shape index (κ1) is 15.4. The van der Waals surface area contributed by atoms with Gasteiger partial charge in [0.15, 0.2) is 0 Å². The van der Waals surface area contributed by atoms with Crippen molar-refractivity contribution < 1.29 is 9.59 Å². The van der Waals surface area contributed by atoms with Crippen LogP contribution in [0.15, 0.2) is 36.7 Å². The van der Waals surface area contributed by atoms with Crippen LogP contribution in [0.2, 0.25) is 0 Å². The summed E-state index contributed by atoms with van der Waals surface area (Å²) in [6, 6.07) is 3.91. The van der Waals surface area contributed by atoms with Gasteiger partial charge in [-0.15, -0.1) is 0 Å². The molecule has 0 radical (unpaired) electrons. The van der Waals surface area contributed by atoms with E-state index in [1.807, 2.05) is 21.9 Å². The maximum Gasteiger partial charge on any atom is 0.228 e. The number of fused-ring (bicyclic) bond motifs is 1. The second-order valence-electron chi connectivity index (χ2n) is 7.15. The summed E-state index contributed by atoms with van der Waals surface area (Å²) in [5.41, 5.74) is 1.11. The third-order valence-corrected chi connectivity index (χ3v) is 5.63. The lowest BCUT2D eigenvalue weighted by atomic mass is 9.88. The lowest BCUT2D eigenvalue weighted by molar-refractivity contribution is -0.140. The van der Waals surface area contributed by atoms with E-state index < -0.39 is 0 Å². The van der Waals surface area contributed by atoms with Crippen molar-refractivity contribution in [2.75, 3.05) is 19.6 Å². The molecule has 2 saturated heterocycles. The fourth-order valence-electron chi connectivity index (χ4n) is 4.23. The highest BCUT2D eigenvalue weighted by molar-refractivity contribution is 5.84.